The zero-order chi connectivity index (χ0) is 11.4. The molecule has 1 heterocycles. The van der Waals surface area contributed by atoms with E-state index in [4.69, 9.17) is 4.74 Å². The fraction of sp³-hybridized carbons (Fsp3) is 0.250. The molecule has 4 heteroatoms. The van der Waals surface area contributed by atoms with E-state index in [2.05, 4.69) is 33.0 Å². The molecule has 1 aromatic carbocycles. The van der Waals surface area contributed by atoms with Crippen molar-refractivity contribution in [1.82, 2.24) is 4.98 Å². The Morgan fingerprint density at radius 1 is 1.31 bits per heavy atom. The summed E-state index contributed by atoms with van der Waals surface area (Å²) in [5.74, 6) is 0. The molecule has 0 aliphatic heterocycles. The van der Waals surface area contributed by atoms with Crippen LogP contribution in [0.25, 0.3) is 10.6 Å². The summed E-state index contributed by atoms with van der Waals surface area (Å²) in [6.07, 6.45) is 0. The Morgan fingerprint density at radius 2 is 2.06 bits per heavy atom. The third-order valence-electron chi connectivity index (χ3n) is 2.20. The lowest BCUT2D eigenvalue weighted by molar-refractivity contribution is 0.181. The fourth-order valence-corrected chi connectivity index (χ4v) is 3.03. The van der Waals surface area contributed by atoms with E-state index in [0.29, 0.717) is 6.61 Å². The molecule has 0 radical (unpaired) electrons. The van der Waals surface area contributed by atoms with E-state index in [1.54, 1.807) is 18.4 Å². The maximum atomic E-state index is 5.14. The molecule has 2 aromatic rings. The number of halogens is 1. The van der Waals surface area contributed by atoms with Gasteiger partial charge in [0.05, 0.1) is 12.3 Å². The maximum absolute atomic E-state index is 5.14. The largest absolute Gasteiger partial charge is 0.378 e. The molecule has 0 saturated carbocycles. The van der Waals surface area contributed by atoms with Crippen molar-refractivity contribution in [1.29, 1.82) is 0 Å². The molecule has 0 amide bonds. The lowest BCUT2D eigenvalue weighted by Crippen LogP contribution is -1.91. The maximum Gasteiger partial charge on any atom is 0.124 e. The molecule has 2 rings (SSSR count). The van der Waals surface area contributed by atoms with Crippen LogP contribution in [-0.2, 0) is 16.7 Å². The first-order chi connectivity index (χ1) is 7.85. The summed E-state index contributed by atoms with van der Waals surface area (Å²) in [7, 11) is 1.69. The van der Waals surface area contributed by atoms with Crippen molar-refractivity contribution in [3.05, 3.63) is 40.9 Å². The van der Waals surface area contributed by atoms with Crippen molar-refractivity contribution >= 4 is 27.3 Å². The van der Waals surface area contributed by atoms with Gasteiger partial charge in [0, 0.05) is 22.9 Å². The third kappa shape index (κ3) is 2.51. The van der Waals surface area contributed by atoms with Crippen molar-refractivity contribution < 1.29 is 4.74 Å². The van der Waals surface area contributed by atoms with Gasteiger partial charge in [-0.05, 0) is 0 Å². The van der Waals surface area contributed by atoms with E-state index >= 15 is 0 Å². The van der Waals surface area contributed by atoms with E-state index in [0.717, 1.165) is 21.6 Å². The van der Waals surface area contributed by atoms with Crippen LogP contribution < -0.4 is 0 Å². The number of alkyl halides is 1. The summed E-state index contributed by atoms with van der Waals surface area (Å²) in [4.78, 5) is 5.84. The van der Waals surface area contributed by atoms with Crippen LogP contribution in [0.15, 0.2) is 30.3 Å². The monoisotopic (exact) mass is 297 g/mol. The van der Waals surface area contributed by atoms with Crippen LogP contribution in [0.2, 0.25) is 0 Å². The zero-order valence-electron chi connectivity index (χ0n) is 8.94. The second-order valence-corrected chi connectivity index (χ2v) is 4.97. The summed E-state index contributed by atoms with van der Waals surface area (Å²) in [6.45, 7) is 0.574. The highest BCUT2D eigenvalue weighted by atomic mass is 79.9. The molecule has 0 bridgehead atoms. The predicted octanol–water partition coefficient (Wildman–Crippen LogP) is 3.85. The normalized spacial score (nSPS) is 10.6. The number of ether oxygens (including phenoxy) is 1. The van der Waals surface area contributed by atoms with E-state index in [9.17, 15) is 0 Å². The summed E-state index contributed by atoms with van der Waals surface area (Å²) in [5.41, 5.74) is 2.19. The Hall–Kier alpha value is -0.710. The van der Waals surface area contributed by atoms with Crippen molar-refractivity contribution in [2.75, 3.05) is 7.11 Å². The molecule has 0 N–H and O–H groups in total. The minimum Gasteiger partial charge on any atom is -0.378 e. The molecular formula is C12H12BrNOS. The Balaban J connectivity index is 2.36. The SMILES string of the molecule is COCc1nc(-c2ccccc2)sc1CBr. The standard InChI is InChI=1S/C12H12BrNOS/c1-15-8-10-11(7-13)16-12(14-10)9-5-3-2-4-6-9/h2-6H,7-8H2,1H3. The average Bonchev–Trinajstić information content (AvgIpc) is 2.74. The molecule has 0 aliphatic rings. The van der Waals surface area contributed by atoms with Crippen LogP contribution in [0.3, 0.4) is 0 Å². The van der Waals surface area contributed by atoms with Crippen molar-refractivity contribution in [3.8, 4) is 10.6 Å². The molecule has 0 spiro atoms. The number of rotatable bonds is 4. The van der Waals surface area contributed by atoms with Crippen molar-refractivity contribution in [3.63, 3.8) is 0 Å². The predicted molar refractivity (Wildman–Crippen MR) is 70.9 cm³/mol. The van der Waals surface area contributed by atoms with Gasteiger partial charge in [-0.25, -0.2) is 4.98 Å². The Labute approximate surface area is 107 Å². The highest BCUT2D eigenvalue weighted by Crippen LogP contribution is 2.29. The lowest BCUT2D eigenvalue weighted by atomic mass is 10.2. The van der Waals surface area contributed by atoms with Crippen molar-refractivity contribution in [2.45, 2.75) is 11.9 Å². The number of hydrogen-bond acceptors (Lipinski definition) is 3. The first-order valence-electron chi connectivity index (χ1n) is 4.94. The minimum atomic E-state index is 0.574. The smallest absolute Gasteiger partial charge is 0.124 e. The van der Waals surface area contributed by atoms with Gasteiger partial charge in [-0.15, -0.1) is 11.3 Å². The topological polar surface area (TPSA) is 22.1 Å². The van der Waals surface area contributed by atoms with Gasteiger partial charge in [-0.3, -0.25) is 0 Å². The minimum absolute atomic E-state index is 0.574. The van der Waals surface area contributed by atoms with E-state index < -0.39 is 0 Å². The van der Waals surface area contributed by atoms with Gasteiger partial charge in [0.2, 0.25) is 0 Å². The molecule has 1 aromatic heterocycles. The lowest BCUT2D eigenvalue weighted by Gasteiger charge is -1.95. The van der Waals surface area contributed by atoms with E-state index in [-0.39, 0.29) is 0 Å². The number of thiazole rings is 1. The summed E-state index contributed by atoms with van der Waals surface area (Å²) in [5, 5.41) is 1.89. The van der Waals surface area contributed by atoms with Gasteiger partial charge in [0.25, 0.3) is 0 Å². The molecule has 16 heavy (non-hydrogen) atoms. The van der Waals surface area contributed by atoms with Gasteiger partial charge in [-0.1, -0.05) is 46.3 Å². The van der Waals surface area contributed by atoms with Gasteiger partial charge >= 0.3 is 0 Å². The van der Waals surface area contributed by atoms with Crippen LogP contribution >= 0.6 is 27.3 Å². The molecule has 0 saturated heterocycles. The summed E-state index contributed by atoms with van der Waals surface area (Å²) in [6, 6.07) is 10.2. The molecule has 84 valence electrons. The van der Waals surface area contributed by atoms with Gasteiger partial charge < -0.3 is 4.74 Å². The highest BCUT2D eigenvalue weighted by molar-refractivity contribution is 9.08. The number of hydrogen-bond donors (Lipinski definition) is 0. The van der Waals surface area contributed by atoms with Gasteiger partial charge in [0.1, 0.15) is 5.01 Å². The first-order valence-corrected chi connectivity index (χ1v) is 6.88. The second kappa shape index (κ2) is 5.57. The van der Waals surface area contributed by atoms with Crippen LogP contribution in [0.4, 0.5) is 0 Å². The Morgan fingerprint density at radius 3 is 2.69 bits per heavy atom. The Kier molecular flexibility index (Phi) is 4.09. The Bertz CT molecular complexity index is 455. The van der Waals surface area contributed by atoms with E-state index in [1.807, 2.05) is 18.2 Å². The molecule has 0 fully saturated rings. The van der Waals surface area contributed by atoms with Crippen LogP contribution in [0.1, 0.15) is 10.6 Å². The number of aromatic nitrogens is 1. The van der Waals surface area contributed by atoms with E-state index in [1.165, 1.54) is 4.88 Å². The van der Waals surface area contributed by atoms with Crippen LogP contribution in [-0.4, -0.2) is 12.1 Å². The summed E-state index contributed by atoms with van der Waals surface area (Å²) < 4.78 is 5.14. The quantitative estimate of drug-likeness (QED) is 0.800. The number of benzene rings is 1. The van der Waals surface area contributed by atoms with Crippen LogP contribution in [0.5, 0.6) is 0 Å². The number of nitrogens with zero attached hydrogens (tertiary/aromatic N) is 1. The summed E-state index contributed by atoms with van der Waals surface area (Å²) >= 11 is 5.19. The first kappa shape index (κ1) is 11.8. The van der Waals surface area contributed by atoms with Gasteiger partial charge in [-0.2, -0.15) is 0 Å². The molecule has 0 unspecified atom stereocenters. The zero-order valence-corrected chi connectivity index (χ0v) is 11.3. The molecular weight excluding hydrogens is 286 g/mol. The van der Waals surface area contributed by atoms with Crippen LogP contribution in [0, 0.1) is 0 Å². The number of methoxy groups -OCH3 is 1. The average molecular weight is 298 g/mol. The molecule has 0 atom stereocenters. The fourth-order valence-electron chi connectivity index (χ4n) is 1.44. The highest BCUT2D eigenvalue weighted by Gasteiger charge is 2.10. The molecule has 2 nitrogen and oxygen atoms in total. The molecule has 0 aliphatic carbocycles. The second-order valence-electron chi connectivity index (χ2n) is 3.32. The van der Waals surface area contributed by atoms with Gasteiger partial charge in [0.15, 0.2) is 0 Å². The van der Waals surface area contributed by atoms with Crippen molar-refractivity contribution in [2.24, 2.45) is 0 Å². The third-order valence-corrected chi connectivity index (χ3v) is 4.28.